The first kappa shape index (κ1) is 16.5. The Morgan fingerprint density at radius 3 is 2.52 bits per heavy atom. The third-order valence-electron chi connectivity index (χ3n) is 3.18. The first-order valence-electron chi connectivity index (χ1n) is 7.32. The van der Waals surface area contributed by atoms with Crippen LogP contribution in [0, 0.1) is 10.1 Å². The van der Waals surface area contributed by atoms with Gasteiger partial charge in [0.25, 0.3) is 0 Å². The molecule has 0 aliphatic heterocycles. The molecule has 6 heteroatoms. The Morgan fingerprint density at radius 1 is 1.13 bits per heavy atom. The van der Waals surface area contributed by atoms with Crippen molar-refractivity contribution in [3.8, 4) is 11.5 Å². The molecule has 2 aromatic carbocycles. The van der Waals surface area contributed by atoms with Gasteiger partial charge >= 0.3 is 11.8 Å². The van der Waals surface area contributed by atoms with Gasteiger partial charge in [-0.15, -0.1) is 0 Å². The highest BCUT2D eigenvalue weighted by atomic mass is 16.7. The number of hydrogen-bond donors (Lipinski definition) is 0. The van der Waals surface area contributed by atoms with E-state index in [1.807, 2.05) is 6.92 Å². The lowest BCUT2D eigenvalue weighted by atomic mass is 10.1. The maximum absolute atomic E-state index is 11.7. The zero-order chi connectivity index (χ0) is 16.7. The number of carbonyl (C=O) groups is 1. The van der Waals surface area contributed by atoms with Gasteiger partial charge in [0.2, 0.25) is 5.75 Å². The van der Waals surface area contributed by atoms with Gasteiger partial charge in [0, 0.05) is 6.07 Å². The van der Waals surface area contributed by atoms with Crippen LogP contribution in [-0.4, -0.2) is 11.1 Å². The summed E-state index contributed by atoms with van der Waals surface area (Å²) in [5, 5.41) is 11.2. The van der Waals surface area contributed by atoms with Crippen LogP contribution < -0.4 is 9.47 Å². The molecule has 23 heavy (non-hydrogen) atoms. The number of carbonyl (C=O) groups excluding carboxylic acids is 1. The summed E-state index contributed by atoms with van der Waals surface area (Å²) in [6.07, 6.45) is 1.66. The molecule has 0 fully saturated rings. The van der Waals surface area contributed by atoms with E-state index in [1.165, 1.54) is 12.1 Å². The predicted molar refractivity (Wildman–Crippen MR) is 84.8 cm³/mol. The van der Waals surface area contributed by atoms with E-state index in [0.29, 0.717) is 5.75 Å². The SMILES string of the molecule is CCCCc1ccc(OC(=O)Oc2ccccc2)c([N+](=O)[O-])c1. The Bertz CT molecular complexity index is 685. The van der Waals surface area contributed by atoms with E-state index < -0.39 is 11.1 Å². The van der Waals surface area contributed by atoms with E-state index in [1.54, 1.807) is 36.4 Å². The van der Waals surface area contributed by atoms with Gasteiger partial charge in [-0.25, -0.2) is 4.79 Å². The summed E-state index contributed by atoms with van der Waals surface area (Å²) >= 11 is 0. The van der Waals surface area contributed by atoms with Gasteiger partial charge in [-0.1, -0.05) is 37.6 Å². The molecular weight excluding hydrogens is 298 g/mol. The molecule has 0 spiro atoms. The summed E-state index contributed by atoms with van der Waals surface area (Å²) in [5.41, 5.74) is 0.589. The molecular formula is C17H17NO5. The van der Waals surface area contributed by atoms with E-state index in [0.717, 1.165) is 24.8 Å². The molecule has 0 radical (unpaired) electrons. The second-order valence-electron chi connectivity index (χ2n) is 4.93. The number of benzene rings is 2. The molecule has 0 unspecified atom stereocenters. The molecule has 0 N–H and O–H groups in total. The molecule has 0 aromatic heterocycles. The summed E-state index contributed by atoms with van der Waals surface area (Å²) in [4.78, 5) is 22.3. The monoisotopic (exact) mass is 315 g/mol. The predicted octanol–water partition coefficient (Wildman–Crippen LogP) is 4.52. The van der Waals surface area contributed by atoms with Crippen LogP contribution in [-0.2, 0) is 6.42 Å². The van der Waals surface area contributed by atoms with Gasteiger partial charge in [0.1, 0.15) is 5.75 Å². The first-order valence-corrected chi connectivity index (χ1v) is 7.32. The van der Waals surface area contributed by atoms with Crippen molar-refractivity contribution in [2.45, 2.75) is 26.2 Å². The largest absolute Gasteiger partial charge is 0.519 e. The number of aryl methyl sites for hydroxylation is 1. The quantitative estimate of drug-likeness (QED) is 0.339. The van der Waals surface area contributed by atoms with Crippen molar-refractivity contribution in [1.82, 2.24) is 0 Å². The van der Waals surface area contributed by atoms with Crippen molar-refractivity contribution >= 4 is 11.8 Å². The van der Waals surface area contributed by atoms with Gasteiger partial charge in [-0.05, 0) is 36.6 Å². The summed E-state index contributed by atoms with van der Waals surface area (Å²) in [6.45, 7) is 2.05. The Hall–Kier alpha value is -2.89. The molecule has 0 amide bonds. The number of unbranched alkanes of at least 4 members (excludes halogenated alkanes) is 1. The summed E-state index contributed by atoms with van der Waals surface area (Å²) < 4.78 is 9.93. The van der Waals surface area contributed by atoms with Crippen LogP contribution in [0.4, 0.5) is 10.5 Å². The molecule has 0 aliphatic carbocycles. The molecule has 0 aliphatic rings. The minimum atomic E-state index is -1.01. The maximum Gasteiger partial charge on any atom is 0.519 e. The third-order valence-corrected chi connectivity index (χ3v) is 3.18. The summed E-state index contributed by atoms with van der Waals surface area (Å²) in [5.74, 6) is 0.177. The van der Waals surface area contributed by atoms with Crippen molar-refractivity contribution < 1.29 is 19.2 Å². The minimum Gasteiger partial charge on any atom is -0.395 e. The smallest absolute Gasteiger partial charge is 0.395 e. The van der Waals surface area contributed by atoms with Gasteiger partial charge in [-0.3, -0.25) is 10.1 Å². The van der Waals surface area contributed by atoms with Crippen LogP contribution in [0.1, 0.15) is 25.3 Å². The second kappa shape index (κ2) is 7.93. The first-order chi connectivity index (χ1) is 11.1. The number of hydrogen-bond acceptors (Lipinski definition) is 5. The Balaban J connectivity index is 2.12. The van der Waals surface area contributed by atoms with Crippen molar-refractivity contribution in [2.75, 3.05) is 0 Å². The normalized spacial score (nSPS) is 10.1. The van der Waals surface area contributed by atoms with E-state index in [9.17, 15) is 14.9 Å². The van der Waals surface area contributed by atoms with Crippen LogP contribution in [0.5, 0.6) is 11.5 Å². The van der Waals surface area contributed by atoms with Crippen LogP contribution in [0.15, 0.2) is 48.5 Å². The number of nitro benzene ring substituents is 1. The zero-order valence-corrected chi connectivity index (χ0v) is 12.7. The van der Waals surface area contributed by atoms with E-state index in [-0.39, 0.29) is 11.4 Å². The lowest BCUT2D eigenvalue weighted by molar-refractivity contribution is -0.385. The highest BCUT2D eigenvalue weighted by Crippen LogP contribution is 2.29. The Morgan fingerprint density at radius 2 is 1.87 bits per heavy atom. The van der Waals surface area contributed by atoms with Crippen molar-refractivity contribution in [1.29, 1.82) is 0 Å². The zero-order valence-electron chi connectivity index (χ0n) is 12.7. The number of nitro groups is 1. The molecule has 2 rings (SSSR count). The number of nitrogens with zero attached hydrogens (tertiary/aromatic N) is 1. The lowest BCUT2D eigenvalue weighted by Crippen LogP contribution is -2.14. The van der Waals surface area contributed by atoms with Gasteiger partial charge in [0.15, 0.2) is 0 Å². The average Bonchev–Trinajstić information content (AvgIpc) is 2.54. The molecule has 120 valence electrons. The molecule has 0 saturated carbocycles. The fourth-order valence-electron chi connectivity index (χ4n) is 2.02. The van der Waals surface area contributed by atoms with Crippen molar-refractivity contribution in [2.24, 2.45) is 0 Å². The minimum absolute atomic E-state index is 0.129. The van der Waals surface area contributed by atoms with E-state index in [4.69, 9.17) is 9.47 Å². The standard InChI is InChI=1S/C17H17NO5/c1-2-3-7-13-10-11-16(15(12-13)18(20)21)23-17(19)22-14-8-5-4-6-9-14/h4-6,8-12H,2-3,7H2,1H3. The van der Waals surface area contributed by atoms with Crippen LogP contribution in [0.2, 0.25) is 0 Å². The number of ether oxygens (including phenoxy) is 2. The number of rotatable bonds is 6. The molecule has 2 aromatic rings. The number of para-hydroxylation sites is 1. The fraction of sp³-hybridized carbons (Fsp3) is 0.235. The highest BCUT2D eigenvalue weighted by Gasteiger charge is 2.20. The summed E-state index contributed by atoms with van der Waals surface area (Å²) in [6, 6.07) is 12.9. The van der Waals surface area contributed by atoms with Gasteiger partial charge in [-0.2, -0.15) is 0 Å². The van der Waals surface area contributed by atoms with E-state index in [2.05, 4.69) is 0 Å². The average molecular weight is 315 g/mol. The molecule has 0 saturated heterocycles. The van der Waals surface area contributed by atoms with Gasteiger partial charge < -0.3 is 9.47 Å². The molecule has 0 atom stereocenters. The topological polar surface area (TPSA) is 78.7 Å². The van der Waals surface area contributed by atoms with Crippen LogP contribution >= 0.6 is 0 Å². The molecule has 6 nitrogen and oxygen atoms in total. The van der Waals surface area contributed by atoms with E-state index >= 15 is 0 Å². The molecule has 0 heterocycles. The third kappa shape index (κ3) is 4.81. The second-order valence-corrected chi connectivity index (χ2v) is 4.93. The highest BCUT2D eigenvalue weighted by molar-refractivity contribution is 5.69. The van der Waals surface area contributed by atoms with Crippen LogP contribution in [0.3, 0.4) is 0 Å². The Kier molecular flexibility index (Phi) is 5.68. The Labute approximate surface area is 133 Å². The van der Waals surface area contributed by atoms with Crippen molar-refractivity contribution in [3.05, 3.63) is 64.2 Å². The van der Waals surface area contributed by atoms with Crippen molar-refractivity contribution in [3.63, 3.8) is 0 Å². The maximum atomic E-state index is 11.7. The fourth-order valence-corrected chi connectivity index (χ4v) is 2.02. The molecule has 0 bridgehead atoms. The summed E-state index contributed by atoms with van der Waals surface area (Å²) in [7, 11) is 0. The van der Waals surface area contributed by atoms with Gasteiger partial charge in [0.05, 0.1) is 4.92 Å². The van der Waals surface area contributed by atoms with Crippen LogP contribution in [0.25, 0.3) is 0 Å². The lowest BCUT2D eigenvalue weighted by Gasteiger charge is -2.07.